The van der Waals surface area contributed by atoms with E-state index in [-0.39, 0.29) is 0 Å². The van der Waals surface area contributed by atoms with Crippen molar-refractivity contribution >= 4 is 22.6 Å². The smallest absolute Gasteiger partial charge is 0.258 e. The molecule has 1 aromatic carbocycles. The van der Waals surface area contributed by atoms with Gasteiger partial charge in [-0.05, 0) is 47.2 Å². The third kappa shape index (κ3) is 3.04. The second-order valence-electron chi connectivity index (χ2n) is 3.77. The van der Waals surface area contributed by atoms with Crippen LogP contribution >= 0.6 is 22.6 Å². The van der Waals surface area contributed by atoms with Crippen LogP contribution in [0.1, 0.15) is 31.7 Å². The molecule has 17 heavy (non-hydrogen) atoms. The molecule has 1 aromatic heterocycles. The Bertz CT molecular complexity index is 499. The van der Waals surface area contributed by atoms with Gasteiger partial charge in [-0.1, -0.05) is 24.6 Å². The van der Waals surface area contributed by atoms with E-state index in [0.29, 0.717) is 18.1 Å². The SMILES string of the molecule is CCCC(O)c1noc(-c2cccc(I)c2)n1. The number of rotatable bonds is 4. The lowest BCUT2D eigenvalue weighted by Crippen LogP contribution is -1.98. The quantitative estimate of drug-likeness (QED) is 0.866. The van der Waals surface area contributed by atoms with E-state index in [0.717, 1.165) is 15.6 Å². The van der Waals surface area contributed by atoms with E-state index in [9.17, 15) is 5.11 Å². The van der Waals surface area contributed by atoms with Crippen LogP contribution < -0.4 is 0 Å². The standard InChI is InChI=1S/C12H13IN2O2/c1-2-4-10(16)11-14-12(17-15-11)8-5-3-6-9(13)7-8/h3,5-7,10,16H,2,4H2,1H3. The zero-order valence-corrected chi connectivity index (χ0v) is 11.6. The Balaban J connectivity index is 2.23. The number of halogens is 1. The number of hydrogen-bond donors (Lipinski definition) is 1. The summed E-state index contributed by atoms with van der Waals surface area (Å²) >= 11 is 2.23. The highest BCUT2D eigenvalue weighted by Crippen LogP contribution is 2.22. The van der Waals surface area contributed by atoms with Crippen LogP contribution in [0.4, 0.5) is 0 Å². The van der Waals surface area contributed by atoms with Gasteiger partial charge in [0.25, 0.3) is 5.89 Å². The molecule has 0 radical (unpaired) electrons. The number of hydrogen-bond acceptors (Lipinski definition) is 4. The minimum Gasteiger partial charge on any atom is -0.385 e. The molecule has 1 unspecified atom stereocenters. The van der Waals surface area contributed by atoms with Gasteiger partial charge in [0.15, 0.2) is 0 Å². The van der Waals surface area contributed by atoms with Crippen molar-refractivity contribution in [3.05, 3.63) is 33.7 Å². The van der Waals surface area contributed by atoms with Crippen molar-refractivity contribution in [3.63, 3.8) is 0 Å². The summed E-state index contributed by atoms with van der Waals surface area (Å²) in [6, 6.07) is 7.80. The van der Waals surface area contributed by atoms with E-state index < -0.39 is 6.10 Å². The molecule has 1 heterocycles. The topological polar surface area (TPSA) is 59.2 Å². The second-order valence-corrected chi connectivity index (χ2v) is 5.02. The first-order valence-corrected chi connectivity index (χ1v) is 6.56. The van der Waals surface area contributed by atoms with Crippen molar-refractivity contribution in [2.75, 3.05) is 0 Å². The third-order valence-electron chi connectivity index (χ3n) is 2.37. The summed E-state index contributed by atoms with van der Waals surface area (Å²) in [6.07, 6.45) is 0.889. The van der Waals surface area contributed by atoms with Crippen LogP contribution in [-0.2, 0) is 0 Å². The van der Waals surface area contributed by atoms with E-state index in [1.807, 2.05) is 31.2 Å². The van der Waals surface area contributed by atoms with Gasteiger partial charge in [0.05, 0.1) is 0 Å². The number of aliphatic hydroxyl groups excluding tert-OH is 1. The maximum Gasteiger partial charge on any atom is 0.258 e. The summed E-state index contributed by atoms with van der Waals surface area (Å²) in [4.78, 5) is 4.21. The largest absolute Gasteiger partial charge is 0.385 e. The number of nitrogens with zero attached hydrogens (tertiary/aromatic N) is 2. The lowest BCUT2D eigenvalue weighted by atomic mass is 10.2. The van der Waals surface area contributed by atoms with Gasteiger partial charge in [-0.25, -0.2) is 0 Å². The molecule has 0 saturated heterocycles. The summed E-state index contributed by atoms with van der Waals surface area (Å²) in [5.41, 5.74) is 0.874. The molecule has 0 bridgehead atoms. The number of aromatic nitrogens is 2. The molecular formula is C12H13IN2O2. The summed E-state index contributed by atoms with van der Waals surface area (Å²) < 4.78 is 6.25. The maximum absolute atomic E-state index is 9.75. The predicted molar refractivity (Wildman–Crippen MR) is 72.3 cm³/mol. The van der Waals surface area contributed by atoms with Crippen molar-refractivity contribution < 1.29 is 9.63 Å². The fraction of sp³-hybridized carbons (Fsp3) is 0.333. The highest BCUT2D eigenvalue weighted by molar-refractivity contribution is 14.1. The molecule has 0 aliphatic carbocycles. The van der Waals surface area contributed by atoms with Gasteiger partial charge in [0.2, 0.25) is 5.82 Å². The minimum absolute atomic E-state index is 0.362. The molecule has 1 atom stereocenters. The minimum atomic E-state index is -0.639. The third-order valence-corrected chi connectivity index (χ3v) is 3.04. The normalized spacial score (nSPS) is 12.6. The first kappa shape index (κ1) is 12.5. The van der Waals surface area contributed by atoms with E-state index in [4.69, 9.17) is 4.52 Å². The molecule has 0 fully saturated rings. The van der Waals surface area contributed by atoms with E-state index >= 15 is 0 Å². The molecule has 2 aromatic rings. The van der Waals surface area contributed by atoms with Crippen LogP contribution in [0.15, 0.2) is 28.8 Å². The Kier molecular flexibility index (Phi) is 4.11. The van der Waals surface area contributed by atoms with Gasteiger partial charge >= 0.3 is 0 Å². The van der Waals surface area contributed by atoms with Crippen molar-refractivity contribution in [1.82, 2.24) is 10.1 Å². The van der Waals surface area contributed by atoms with Gasteiger partial charge in [-0.15, -0.1) is 0 Å². The first-order valence-electron chi connectivity index (χ1n) is 5.48. The molecule has 5 heteroatoms. The fourth-order valence-corrected chi connectivity index (χ4v) is 2.05. The second kappa shape index (κ2) is 5.59. The molecule has 0 aliphatic heterocycles. The maximum atomic E-state index is 9.75. The van der Waals surface area contributed by atoms with Crippen molar-refractivity contribution in [1.29, 1.82) is 0 Å². The molecule has 90 valence electrons. The summed E-state index contributed by atoms with van der Waals surface area (Å²) in [5, 5.41) is 13.6. The van der Waals surface area contributed by atoms with Crippen molar-refractivity contribution in [2.45, 2.75) is 25.9 Å². The molecule has 1 N–H and O–H groups in total. The first-order chi connectivity index (χ1) is 8.20. The lowest BCUT2D eigenvalue weighted by molar-refractivity contribution is 0.153. The molecule has 0 amide bonds. The molecule has 4 nitrogen and oxygen atoms in total. The van der Waals surface area contributed by atoms with E-state index in [2.05, 4.69) is 32.7 Å². The molecule has 0 spiro atoms. The van der Waals surface area contributed by atoms with Gasteiger partial charge in [-0.2, -0.15) is 4.98 Å². The zero-order valence-electron chi connectivity index (χ0n) is 9.43. The van der Waals surface area contributed by atoms with Crippen LogP contribution in [0.2, 0.25) is 0 Å². The Morgan fingerprint density at radius 2 is 2.29 bits per heavy atom. The summed E-state index contributed by atoms with van der Waals surface area (Å²) in [7, 11) is 0. The van der Waals surface area contributed by atoms with Gasteiger partial charge in [-0.3, -0.25) is 0 Å². The summed E-state index contributed by atoms with van der Waals surface area (Å²) in [5.74, 6) is 0.814. The monoisotopic (exact) mass is 344 g/mol. The Morgan fingerprint density at radius 1 is 1.47 bits per heavy atom. The number of benzene rings is 1. The van der Waals surface area contributed by atoms with Crippen LogP contribution in [0.5, 0.6) is 0 Å². The molecular weight excluding hydrogens is 331 g/mol. The van der Waals surface area contributed by atoms with Crippen molar-refractivity contribution in [2.24, 2.45) is 0 Å². The van der Waals surface area contributed by atoms with Gasteiger partial charge in [0, 0.05) is 9.13 Å². The Morgan fingerprint density at radius 3 is 3.00 bits per heavy atom. The Hall–Kier alpha value is -0.950. The molecule has 0 aliphatic rings. The molecule has 2 rings (SSSR count). The molecule has 0 saturated carbocycles. The zero-order chi connectivity index (χ0) is 12.3. The van der Waals surface area contributed by atoms with Crippen LogP contribution in [0, 0.1) is 3.57 Å². The average molecular weight is 344 g/mol. The highest BCUT2D eigenvalue weighted by atomic mass is 127. The average Bonchev–Trinajstić information content (AvgIpc) is 2.78. The van der Waals surface area contributed by atoms with E-state index in [1.165, 1.54) is 0 Å². The van der Waals surface area contributed by atoms with Crippen LogP contribution in [-0.4, -0.2) is 15.2 Å². The van der Waals surface area contributed by atoms with Crippen molar-refractivity contribution in [3.8, 4) is 11.5 Å². The van der Waals surface area contributed by atoms with Crippen LogP contribution in [0.25, 0.3) is 11.5 Å². The van der Waals surface area contributed by atoms with E-state index in [1.54, 1.807) is 0 Å². The predicted octanol–water partition coefficient (Wildman–Crippen LogP) is 3.17. The highest BCUT2D eigenvalue weighted by Gasteiger charge is 2.15. The fourth-order valence-electron chi connectivity index (χ4n) is 1.51. The van der Waals surface area contributed by atoms with Crippen LogP contribution in [0.3, 0.4) is 0 Å². The Labute approximate surface area is 113 Å². The lowest BCUT2D eigenvalue weighted by Gasteiger charge is -2.01. The van der Waals surface area contributed by atoms with Gasteiger partial charge < -0.3 is 9.63 Å². The summed E-state index contributed by atoms with van der Waals surface area (Å²) in [6.45, 7) is 2.00. The van der Waals surface area contributed by atoms with Gasteiger partial charge in [0.1, 0.15) is 6.10 Å². The number of aliphatic hydroxyl groups is 1.